The maximum atomic E-state index is 11.6. The van der Waals surface area contributed by atoms with Crippen molar-refractivity contribution in [2.24, 2.45) is 11.3 Å². The molecule has 3 heteroatoms. The van der Waals surface area contributed by atoms with Crippen LogP contribution in [-0.4, -0.2) is 25.7 Å². The fourth-order valence-electron chi connectivity index (χ4n) is 1.65. The van der Waals surface area contributed by atoms with Crippen LogP contribution >= 0.6 is 0 Å². The average Bonchev–Trinajstić information content (AvgIpc) is 2.15. The fourth-order valence-corrected chi connectivity index (χ4v) is 1.65. The number of carbonyl (C=O) groups is 1. The van der Waals surface area contributed by atoms with Crippen molar-refractivity contribution < 1.29 is 9.53 Å². The molecule has 0 aromatic rings. The van der Waals surface area contributed by atoms with E-state index in [0.29, 0.717) is 12.3 Å². The summed E-state index contributed by atoms with van der Waals surface area (Å²) >= 11 is 0. The molecular formula is C12H23NO2. The Balaban J connectivity index is 2.17. The molecule has 1 N–H and O–H groups in total. The highest BCUT2D eigenvalue weighted by Crippen LogP contribution is 2.18. The number of carbonyl (C=O) groups excluding carboxylic acids is 1. The van der Waals surface area contributed by atoms with Crippen LogP contribution in [0.15, 0.2) is 0 Å². The van der Waals surface area contributed by atoms with E-state index in [1.54, 1.807) is 0 Å². The second kappa shape index (κ2) is 5.50. The summed E-state index contributed by atoms with van der Waals surface area (Å²) in [6, 6.07) is 0. The first-order valence-electron chi connectivity index (χ1n) is 5.82. The molecule has 1 saturated heterocycles. The van der Waals surface area contributed by atoms with Gasteiger partial charge in [-0.15, -0.1) is 0 Å². The van der Waals surface area contributed by atoms with Crippen LogP contribution in [-0.2, 0) is 9.53 Å². The summed E-state index contributed by atoms with van der Waals surface area (Å²) in [6.07, 6.45) is 2.73. The molecule has 0 aliphatic carbocycles. The number of hydrogen-bond donors (Lipinski definition) is 1. The molecule has 0 radical (unpaired) electrons. The number of hydrogen-bond acceptors (Lipinski definition) is 2. The first-order chi connectivity index (χ1) is 6.97. The van der Waals surface area contributed by atoms with Gasteiger partial charge < -0.3 is 10.1 Å². The van der Waals surface area contributed by atoms with Gasteiger partial charge in [-0.1, -0.05) is 20.8 Å². The van der Waals surface area contributed by atoms with Gasteiger partial charge in [0.1, 0.15) is 0 Å². The van der Waals surface area contributed by atoms with Gasteiger partial charge in [-0.2, -0.15) is 0 Å². The molecule has 0 bridgehead atoms. The Labute approximate surface area is 92.6 Å². The summed E-state index contributed by atoms with van der Waals surface area (Å²) in [5.74, 6) is 0.718. The predicted octanol–water partition coefficient (Wildman–Crippen LogP) is 1.97. The third kappa shape index (κ3) is 5.78. The maximum absolute atomic E-state index is 11.6. The Bertz CT molecular complexity index is 202. The van der Waals surface area contributed by atoms with Crippen molar-refractivity contribution in [3.63, 3.8) is 0 Å². The standard InChI is InChI=1S/C12H23NO2/c1-12(2,3)9-13-11(14)8-10-4-6-15-7-5-10/h10H,4-9H2,1-3H3,(H,13,14). The number of amides is 1. The van der Waals surface area contributed by atoms with Crippen molar-refractivity contribution in [3.05, 3.63) is 0 Å². The van der Waals surface area contributed by atoms with Crippen molar-refractivity contribution in [1.82, 2.24) is 5.32 Å². The second-order valence-electron chi connectivity index (χ2n) is 5.60. The summed E-state index contributed by atoms with van der Waals surface area (Å²) < 4.78 is 5.26. The molecule has 15 heavy (non-hydrogen) atoms. The van der Waals surface area contributed by atoms with Crippen molar-refractivity contribution in [3.8, 4) is 0 Å². The van der Waals surface area contributed by atoms with E-state index in [9.17, 15) is 4.79 Å². The van der Waals surface area contributed by atoms with Gasteiger partial charge in [0.15, 0.2) is 0 Å². The van der Waals surface area contributed by atoms with E-state index in [1.165, 1.54) is 0 Å². The van der Waals surface area contributed by atoms with Crippen molar-refractivity contribution in [2.45, 2.75) is 40.0 Å². The van der Waals surface area contributed by atoms with E-state index in [2.05, 4.69) is 26.1 Å². The third-order valence-corrected chi connectivity index (χ3v) is 2.63. The van der Waals surface area contributed by atoms with Crippen molar-refractivity contribution in [2.75, 3.05) is 19.8 Å². The summed E-state index contributed by atoms with van der Waals surface area (Å²) in [5, 5.41) is 2.99. The van der Waals surface area contributed by atoms with Gasteiger partial charge in [0.25, 0.3) is 0 Å². The highest BCUT2D eigenvalue weighted by Gasteiger charge is 2.18. The largest absolute Gasteiger partial charge is 0.381 e. The Kier molecular flexibility index (Phi) is 4.58. The lowest BCUT2D eigenvalue weighted by molar-refractivity contribution is -0.123. The molecule has 1 heterocycles. The van der Waals surface area contributed by atoms with Gasteiger partial charge in [0, 0.05) is 26.2 Å². The lowest BCUT2D eigenvalue weighted by atomic mass is 9.94. The number of ether oxygens (including phenoxy) is 1. The third-order valence-electron chi connectivity index (χ3n) is 2.63. The van der Waals surface area contributed by atoms with Gasteiger partial charge in [0.05, 0.1) is 0 Å². The van der Waals surface area contributed by atoms with Crippen LogP contribution in [0.1, 0.15) is 40.0 Å². The van der Waals surface area contributed by atoms with Gasteiger partial charge >= 0.3 is 0 Å². The Morgan fingerprint density at radius 1 is 1.33 bits per heavy atom. The molecule has 3 nitrogen and oxygen atoms in total. The molecule has 1 rings (SSSR count). The molecule has 0 spiro atoms. The molecular weight excluding hydrogens is 190 g/mol. The van der Waals surface area contributed by atoms with E-state index in [-0.39, 0.29) is 11.3 Å². The molecule has 1 fully saturated rings. The van der Waals surface area contributed by atoms with Crippen molar-refractivity contribution in [1.29, 1.82) is 0 Å². The van der Waals surface area contributed by atoms with E-state index in [0.717, 1.165) is 32.6 Å². The smallest absolute Gasteiger partial charge is 0.220 e. The lowest BCUT2D eigenvalue weighted by Gasteiger charge is -2.23. The molecule has 0 aromatic carbocycles. The monoisotopic (exact) mass is 213 g/mol. The minimum atomic E-state index is 0.172. The fraction of sp³-hybridized carbons (Fsp3) is 0.917. The average molecular weight is 213 g/mol. The zero-order chi connectivity index (χ0) is 11.3. The van der Waals surface area contributed by atoms with Crippen LogP contribution in [0, 0.1) is 11.3 Å². The van der Waals surface area contributed by atoms with Crippen LogP contribution in [0.25, 0.3) is 0 Å². The van der Waals surface area contributed by atoms with Crippen molar-refractivity contribution >= 4 is 5.91 Å². The summed E-state index contributed by atoms with van der Waals surface area (Å²) in [7, 11) is 0. The van der Waals surface area contributed by atoms with Gasteiger partial charge in [-0.25, -0.2) is 0 Å². The molecule has 0 saturated carbocycles. The number of nitrogens with one attached hydrogen (secondary N) is 1. The molecule has 0 unspecified atom stereocenters. The summed E-state index contributed by atoms with van der Waals surface area (Å²) in [6.45, 7) is 8.77. The molecule has 0 aromatic heterocycles. The van der Waals surface area contributed by atoms with Crippen LogP contribution in [0.3, 0.4) is 0 Å². The molecule has 0 atom stereocenters. The topological polar surface area (TPSA) is 38.3 Å². The zero-order valence-electron chi connectivity index (χ0n) is 10.1. The highest BCUT2D eigenvalue weighted by molar-refractivity contribution is 5.76. The SMILES string of the molecule is CC(C)(C)CNC(=O)CC1CCOCC1. The molecule has 1 aliphatic rings. The zero-order valence-corrected chi connectivity index (χ0v) is 10.1. The molecule has 1 amide bonds. The normalized spacial score (nSPS) is 18.9. The van der Waals surface area contributed by atoms with Crippen LogP contribution in [0.2, 0.25) is 0 Å². The quantitative estimate of drug-likeness (QED) is 0.778. The maximum Gasteiger partial charge on any atom is 0.220 e. The van der Waals surface area contributed by atoms with Gasteiger partial charge in [-0.3, -0.25) is 4.79 Å². The summed E-state index contributed by atoms with van der Waals surface area (Å²) in [5.41, 5.74) is 0.172. The van der Waals surface area contributed by atoms with Crippen LogP contribution < -0.4 is 5.32 Å². The number of rotatable bonds is 3. The van der Waals surface area contributed by atoms with E-state index in [4.69, 9.17) is 4.74 Å². The first-order valence-corrected chi connectivity index (χ1v) is 5.82. The Morgan fingerprint density at radius 2 is 1.93 bits per heavy atom. The Morgan fingerprint density at radius 3 is 2.47 bits per heavy atom. The van der Waals surface area contributed by atoms with Gasteiger partial charge in [-0.05, 0) is 24.2 Å². The minimum Gasteiger partial charge on any atom is -0.381 e. The minimum absolute atomic E-state index is 0.172. The van der Waals surface area contributed by atoms with Gasteiger partial charge in [0.2, 0.25) is 5.91 Å². The second-order valence-corrected chi connectivity index (χ2v) is 5.60. The van der Waals surface area contributed by atoms with E-state index in [1.807, 2.05) is 0 Å². The van der Waals surface area contributed by atoms with E-state index < -0.39 is 0 Å². The highest BCUT2D eigenvalue weighted by atomic mass is 16.5. The predicted molar refractivity (Wildman–Crippen MR) is 60.6 cm³/mol. The van der Waals surface area contributed by atoms with E-state index >= 15 is 0 Å². The molecule has 88 valence electrons. The Hall–Kier alpha value is -0.570. The molecule has 1 aliphatic heterocycles. The lowest BCUT2D eigenvalue weighted by Crippen LogP contribution is -2.34. The first kappa shape index (κ1) is 12.5. The summed E-state index contributed by atoms with van der Waals surface area (Å²) in [4.78, 5) is 11.6. The van der Waals surface area contributed by atoms with Crippen LogP contribution in [0.4, 0.5) is 0 Å². The van der Waals surface area contributed by atoms with Crippen LogP contribution in [0.5, 0.6) is 0 Å².